The number of benzene rings is 2. The predicted octanol–water partition coefficient (Wildman–Crippen LogP) is 4.16. The normalized spacial score (nSPS) is 15.6. The van der Waals surface area contributed by atoms with E-state index in [1.54, 1.807) is 19.3 Å². The van der Waals surface area contributed by atoms with Crippen LogP contribution in [0, 0.1) is 0 Å². The van der Waals surface area contributed by atoms with Gasteiger partial charge in [-0.3, -0.25) is 0 Å². The molecule has 1 aliphatic rings. The van der Waals surface area contributed by atoms with E-state index in [0.717, 1.165) is 5.56 Å². The van der Waals surface area contributed by atoms with Gasteiger partial charge in [0, 0.05) is 5.56 Å². The molecule has 0 saturated carbocycles. The molecular weight excluding hydrogens is 302 g/mol. The van der Waals surface area contributed by atoms with Crippen LogP contribution in [-0.2, 0) is 9.53 Å². The van der Waals surface area contributed by atoms with E-state index in [-0.39, 0.29) is 0 Å². The quantitative estimate of drug-likeness (QED) is 0.627. The largest absolute Gasteiger partial charge is 0.497 e. The summed E-state index contributed by atoms with van der Waals surface area (Å²) in [6.45, 7) is 4.29. The van der Waals surface area contributed by atoms with E-state index in [9.17, 15) is 4.79 Å². The Bertz CT molecular complexity index is 817. The number of ether oxygens (including phenoxy) is 2. The van der Waals surface area contributed by atoms with Crippen LogP contribution in [0.25, 0.3) is 6.08 Å². The third kappa shape index (κ3) is 3.38. The van der Waals surface area contributed by atoms with Gasteiger partial charge in [0.05, 0.1) is 7.11 Å². The van der Waals surface area contributed by atoms with Crippen molar-refractivity contribution in [2.45, 2.75) is 19.8 Å². The number of esters is 1. The molecule has 3 rings (SSSR count). The van der Waals surface area contributed by atoms with E-state index < -0.39 is 5.97 Å². The first-order valence-electron chi connectivity index (χ1n) is 7.84. The number of hydrogen-bond acceptors (Lipinski definition) is 4. The zero-order valence-electron chi connectivity index (χ0n) is 13.9. The highest BCUT2D eigenvalue weighted by Gasteiger charge is 2.24. The fraction of sp³-hybridized carbons (Fsp3) is 0.200. The van der Waals surface area contributed by atoms with E-state index in [1.807, 2.05) is 30.3 Å². The molecule has 0 aliphatic carbocycles. The minimum absolute atomic E-state index is 0.295. The minimum atomic E-state index is -0.444. The Labute approximate surface area is 141 Å². The topological polar surface area (TPSA) is 47.9 Å². The Morgan fingerprint density at radius 2 is 1.88 bits per heavy atom. The van der Waals surface area contributed by atoms with Crippen molar-refractivity contribution >= 4 is 17.9 Å². The molecule has 122 valence electrons. The number of cyclic esters (lactones) is 1. The Hall–Kier alpha value is -2.88. The lowest BCUT2D eigenvalue weighted by Crippen LogP contribution is -2.05. The summed E-state index contributed by atoms with van der Waals surface area (Å²) in [5, 5.41) is 0. The smallest absolute Gasteiger partial charge is 0.363 e. The van der Waals surface area contributed by atoms with Gasteiger partial charge >= 0.3 is 5.97 Å². The number of aliphatic imine (C=N–C) groups is 1. The van der Waals surface area contributed by atoms with Crippen LogP contribution in [0.3, 0.4) is 0 Å². The molecule has 0 bridgehead atoms. The summed E-state index contributed by atoms with van der Waals surface area (Å²) < 4.78 is 10.5. The first-order chi connectivity index (χ1) is 11.6. The molecule has 4 heteroatoms. The van der Waals surface area contributed by atoms with Crippen LogP contribution in [0.2, 0.25) is 0 Å². The van der Waals surface area contributed by atoms with Gasteiger partial charge in [0.15, 0.2) is 5.70 Å². The second kappa shape index (κ2) is 6.71. The van der Waals surface area contributed by atoms with Crippen molar-refractivity contribution in [2.75, 3.05) is 7.11 Å². The van der Waals surface area contributed by atoms with E-state index in [0.29, 0.717) is 28.8 Å². The summed E-state index contributed by atoms with van der Waals surface area (Å²) in [6.07, 6.45) is 1.74. The van der Waals surface area contributed by atoms with Crippen LogP contribution in [0.5, 0.6) is 5.75 Å². The van der Waals surface area contributed by atoms with Crippen LogP contribution >= 0.6 is 0 Å². The molecule has 0 unspecified atom stereocenters. The van der Waals surface area contributed by atoms with Crippen molar-refractivity contribution in [3.8, 4) is 5.75 Å². The summed E-state index contributed by atoms with van der Waals surface area (Å²) in [6, 6.07) is 15.4. The average Bonchev–Trinajstić information content (AvgIpc) is 2.96. The Balaban J connectivity index is 1.88. The van der Waals surface area contributed by atoms with Gasteiger partial charge < -0.3 is 9.47 Å². The molecule has 1 aliphatic heterocycles. The van der Waals surface area contributed by atoms with Crippen LogP contribution in [0.15, 0.2) is 59.2 Å². The summed E-state index contributed by atoms with van der Waals surface area (Å²) in [7, 11) is 1.59. The van der Waals surface area contributed by atoms with Crippen LogP contribution in [-0.4, -0.2) is 19.0 Å². The predicted molar refractivity (Wildman–Crippen MR) is 94.1 cm³/mol. The highest BCUT2D eigenvalue weighted by molar-refractivity contribution is 6.12. The van der Waals surface area contributed by atoms with Crippen molar-refractivity contribution in [1.82, 2.24) is 0 Å². The Kier molecular flexibility index (Phi) is 4.47. The van der Waals surface area contributed by atoms with Gasteiger partial charge in [-0.2, -0.15) is 0 Å². The highest BCUT2D eigenvalue weighted by atomic mass is 16.6. The highest BCUT2D eigenvalue weighted by Crippen LogP contribution is 2.22. The molecule has 2 aromatic carbocycles. The number of nitrogens with zero attached hydrogens (tertiary/aromatic N) is 1. The molecule has 24 heavy (non-hydrogen) atoms. The first kappa shape index (κ1) is 16.0. The number of methoxy groups -OCH3 is 1. The molecule has 0 amide bonds. The summed E-state index contributed by atoms with van der Waals surface area (Å²) in [4.78, 5) is 16.4. The van der Waals surface area contributed by atoms with Gasteiger partial charge in [0.25, 0.3) is 0 Å². The molecule has 0 N–H and O–H groups in total. The average molecular weight is 321 g/mol. The van der Waals surface area contributed by atoms with Gasteiger partial charge in [0.1, 0.15) is 5.75 Å². The van der Waals surface area contributed by atoms with Crippen LogP contribution < -0.4 is 4.74 Å². The standard InChI is InChI=1S/C20H19NO3/c1-13(2)15-9-7-14(8-10-15)11-18-20(22)24-19(21-18)16-5-4-6-17(12-16)23-3/h4-13H,1-3H3. The summed E-state index contributed by atoms with van der Waals surface area (Å²) in [5.41, 5.74) is 3.18. The molecule has 0 fully saturated rings. The maximum Gasteiger partial charge on any atom is 0.363 e. The molecule has 0 saturated heterocycles. The second-order valence-corrected chi connectivity index (χ2v) is 5.89. The van der Waals surface area contributed by atoms with Crippen molar-refractivity contribution in [2.24, 2.45) is 4.99 Å². The molecule has 1 heterocycles. The van der Waals surface area contributed by atoms with E-state index >= 15 is 0 Å². The zero-order chi connectivity index (χ0) is 17.1. The Morgan fingerprint density at radius 1 is 1.12 bits per heavy atom. The second-order valence-electron chi connectivity index (χ2n) is 5.89. The molecular formula is C20H19NO3. The lowest BCUT2D eigenvalue weighted by Gasteiger charge is -2.04. The number of carbonyl (C=O) groups is 1. The molecule has 2 aromatic rings. The summed E-state index contributed by atoms with van der Waals surface area (Å²) in [5.74, 6) is 1.01. The lowest BCUT2D eigenvalue weighted by atomic mass is 10.0. The fourth-order valence-corrected chi connectivity index (χ4v) is 2.42. The number of carbonyl (C=O) groups excluding carboxylic acids is 1. The first-order valence-corrected chi connectivity index (χ1v) is 7.84. The SMILES string of the molecule is COc1cccc(C2=NC(=Cc3ccc(C(C)C)cc3)C(=O)O2)c1. The van der Waals surface area contributed by atoms with Crippen LogP contribution in [0.4, 0.5) is 0 Å². The molecule has 4 nitrogen and oxygen atoms in total. The number of rotatable bonds is 4. The maximum absolute atomic E-state index is 12.1. The summed E-state index contributed by atoms with van der Waals surface area (Å²) >= 11 is 0. The lowest BCUT2D eigenvalue weighted by molar-refractivity contribution is -0.129. The molecule has 0 atom stereocenters. The van der Waals surface area contributed by atoms with E-state index in [1.165, 1.54) is 5.56 Å². The third-order valence-corrected chi connectivity index (χ3v) is 3.84. The van der Waals surface area contributed by atoms with E-state index in [4.69, 9.17) is 9.47 Å². The van der Waals surface area contributed by atoms with Crippen molar-refractivity contribution in [1.29, 1.82) is 0 Å². The van der Waals surface area contributed by atoms with E-state index in [2.05, 4.69) is 31.0 Å². The Morgan fingerprint density at radius 3 is 2.54 bits per heavy atom. The monoisotopic (exact) mass is 321 g/mol. The molecule has 0 spiro atoms. The fourth-order valence-electron chi connectivity index (χ4n) is 2.42. The van der Waals surface area contributed by atoms with Crippen molar-refractivity contribution in [3.05, 3.63) is 70.9 Å². The molecule has 0 aromatic heterocycles. The maximum atomic E-state index is 12.1. The number of hydrogen-bond donors (Lipinski definition) is 0. The van der Waals surface area contributed by atoms with Gasteiger partial charge in [0.2, 0.25) is 5.90 Å². The van der Waals surface area contributed by atoms with Gasteiger partial charge in [-0.25, -0.2) is 9.79 Å². The van der Waals surface area contributed by atoms with Crippen molar-refractivity contribution < 1.29 is 14.3 Å². The van der Waals surface area contributed by atoms with Gasteiger partial charge in [-0.1, -0.05) is 44.2 Å². The van der Waals surface area contributed by atoms with Gasteiger partial charge in [-0.05, 0) is 41.3 Å². The minimum Gasteiger partial charge on any atom is -0.497 e. The zero-order valence-corrected chi connectivity index (χ0v) is 13.9. The molecule has 0 radical (unpaired) electrons. The van der Waals surface area contributed by atoms with Crippen molar-refractivity contribution in [3.63, 3.8) is 0 Å². The van der Waals surface area contributed by atoms with Gasteiger partial charge in [-0.15, -0.1) is 0 Å². The third-order valence-electron chi connectivity index (χ3n) is 3.84. The van der Waals surface area contributed by atoms with Crippen LogP contribution in [0.1, 0.15) is 36.5 Å².